The zero-order chi connectivity index (χ0) is 23.3. The van der Waals surface area contributed by atoms with E-state index in [1.54, 1.807) is 28.9 Å². The maximum atomic E-state index is 12.8. The lowest BCUT2D eigenvalue weighted by atomic mass is 9.93. The Hall–Kier alpha value is -3.41. The van der Waals surface area contributed by atoms with Crippen LogP contribution in [0.25, 0.3) is 27.4 Å². The number of aromatic nitrogens is 2. The van der Waals surface area contributed by atoms with Gasteiger partial charge in [0.2, 0.25) is 0 Å². The molecule has 33 heavy (non-hydrogen) atoms. The van der Waals surface area contributed by atoms with Crippen LogP contribution in [0.4, 0.5) is 0 Å². The summed E-state index contributed by atoms with van der Waals surface area (Å²) in [5, 5.41) is 12.6. The summed E-state index contributed by atoms with van der Waals surface area (Å²) in [6.45, 7) is 2.01. The second-order valence-corrected chi connectivity index (χ2v) is 8.77. The van der Waals surface area contributed by atoms with Crippen molar-refractivity contribution in [3.63, 3.8) is 0 Å². The molecule has 0 aliphatic heterocycles. The molecule has 0 unspecified atom stereocenters. The number of nitrogens with zero attached hydrogens (tertiary/aromatic N) is 2. The van der Waals surface area contributed by atoms with E-state index in [-0.39, 0.29) is 24.4 Å². The molecule has 0 fully saturated rings. The first-order chi connectivity index (χ1) is 15.8. The zero-order valence-electron chi connectivity index (χ0n) is 17.6. The molecule has 4 aromatic rings. The number of pyridine rings is 1. The summed E-state index contributed by atoms with van der Waals surface area (Å²) >= 11 is 12.9. The van der Waals surface area contributed by atoms with Crippen LogP contribution >= 0.6 is 23.2 Å². The van der Waals surface area contributed by atoms with Gasteiger partial charge in [-0.15, -0.1) is 0 Å². The lowest BCUT2D eigenvalue weighted by Crippen LogP contribution is -2.14. The molecule has 1 aliphatic carbocycles. The topological polar surface area (TPSA) is 72.2 Å². The Balaban J connectivity index is 1.81. The van der Waals surface area contributed by atoms with Gasteiger partial charge in [-0.2, -0.15) is 0 Å². The predicted octanol–water partition coefficient (Wildman–Crippen LogP) is 6.46. The highest BCUT2D eigenvalue weighted by Gasteiger charge is 2.29. The number of hydrogen-bond donors (Lipinski definition) is 1. The number of rotatable bonds is 4. The lowest BCUT2D eigenvalue weighted by Gasteiger charge is -2.13. The van der Waals surface area contributed by atoms with Gasteiger partial charge in [0.25, 0.3) is 0 Å². The Morgan fingerprint density at radius 2 is 1.97 bits per heavy atom. The van der Waals surface area contributed by atoms with Crippen molar-refractivity contribution in [2.75, 3.05) is 0 Å². The number of fused-ring (bicyclic) bond motifs is 2. The van der Waals surface area contributed by atoms with E-state index in [1.807, 2.05) is 43.3 Å². The van der Waals surface area contributed by atoms with Crippen molar-refractivity contribution >= 4 is 62.3 Å². The van der Waals surface area contributed by atoms with Gasteiger partial charge in [0.1, 0.15) is 10.8 Å². The van der Waals surface area contributed by atoms with E-state index in [4.69, 9.17) is 23.2 Å². The van der Waals surface area contributed by atoms with Crippen LogP contribution in [0, 0.1) is 6.92 Å². The van der Waals surface area contributed by atoms with E-state index in [2.05, 4.69) is 4.98 Å². The summed E-state index contributed by atoms with van der Waals surface area (Å²) in [7, 11) is 0. The second kappa shape index (κ2) is 8.18. The number of para-hydroxylation sites is 1. The molecule has 2 aromatic heterocycles. The number of allylic oxidation sites excluding steroid dienone is 4. The summed E-state index contributed by atoms with van der Waals surface area (Å²) in [4.78, 5) is 29.8. The minimum absolute atomic E-state index is 0.0193. The van der Waals surface area contributed by atoms with Gasteiger partial charge in [0.05, 0.1) is 17.6 Å². The second-order valence-electron chi connectivity index (χ2n) is 8.00. The zero-order valence-corrected chi connectivity index (χ0v) is 19.1. The number of aromatic carboxylic acids is 1. The molecule has 2 aromatic carbocycles. The molecule has 0 amide bonds. The van der Waals surface area contributed by atoms with Crippen molar-refractivity contribution in [2.45, 2.75) is 19.9 Å². The molecular weight excluding hydrogens is 459 g/mol. The smallest absolute Gasteiger partial charge is 0.353 e. The first kappa shape index (κ1) is 21.4. The van der Waals surface area contributed by atoms with Crippen LogP contribution < -0.4 is 0 Å². The monoisotopic (exact) mass is 476 g/mol. The van der Waals surface area contributed by atoms with Gasteiger partial charge in [-0.3, -0.25) is 4.79 Å². The molecule has 5 nitrogen and oxygen atoms in total. The number of carboxylic acids is 1. The minimum Gasteiger partial charge on any atom is -0.477 e. The highest BCUT2D eigenvalue weighted by molar-refractivity contribution is 6.33. The maximum absolute atomic E-state index is 12.8. The standard InChI is InChI=1S/C26H18Cl2N2O3/c1-14-10-18-21(12-19(14)27)30(13-16-11-15-6-2-4-8-20(15)29-25(16)28)24(26(32)33)23(18)17-7-3-5-9-22(17)31/h2-8,10-12H,9,13H2,1H3,(H,32,33). The number of ketones is 1. The third-order valence-electron chi connectivity index (χ3n) is 5.90. The molecule has 1 N–H and O–H groups in total. The van der Waals surface area contributed by atoms with Crippen molar-refractivity contribution in [2.24, 2.45) is 0 Å². The Bertz CT molecular complexity index is 1550. The normalized spacial score (nSPS) is 13.7. The van der Waals surface area contributed by atoms with Crippen LogP contribution in [0.2, 0.25) is 10.2 Å². The molecule has 0 saturated carbocycles. The number of benzene rings is 2. The highest BCUT2D eigenvalue weighted by Crippen LogP contribution is 2.37. The Labute approximate surface area is 199 Å². The number of aryl methyl sites for hydroxylation is 1. The van der Waals surface area contributed by atoms with Gasteiger partial charge in [-0.05, 0) is 36.8 Å². The number of carboxylic acid groups (broad SMARTS) is 1. The van der Waals surface area contributed by atoms with Gasteiger partial charge in [0.15, 0.2) is 5.78 Å². The van der Waals surface area contributed by atoms with E-state index in [9.17, 15) is 14.7 Å². The van der Waals surface area contributed by atoms with Crippen molar-refractivity contribution in [1.82, 2.24) is 9.55 Å². The number of carbonyl (C=O) groups is 2. The van der Waals surface area contributed by atoms with Crippen molar-refractivity contribution in [1.29, 1.82) is 0 Å². The molecule has 0 atom stereocenters. The SMILES string of the molecule is Cc1cc2c(C3=CC=CCC3=O)c(C(=O)O)n(Cc3cc4ccccc4nc3Cl)c2cc1Cl. The largest absolute Gasteiger partial charge is 0.477 e. The van der Waals surface area contributed by atoms with Crippen molar-refractivity contribution < 1.29 is 14.7 Å². The van der Waals surface area contributed by atoms with E-state index in [1.165, 1.54) is 0 Å². The highest BCUT2D eigenvalue weighted by atomic mass is 35.5. The molecule has 0 spiro atoms. The molecule has 164 valence electrons. The molecule has 0 radical (unpaired) electrons. The number of halogens is 2. The molecule has 0 bridgehead atoms. The fourth-order valence-electron chi connectivity index (χ4n) is 4.32. The summed E-state index contributed by atoms with van der Waals surface area (Å²) < 4.78 is 1.66. The fraction of sp³-hybridized carbons (Fsp3) is 0.115. The Kier molecular flexibility index (Phi) is 5.31. The number of Topliss-reactive ketones (excluding diaryl/α,β-unsaturated/α-hetero) is 1. The minimum atomic E-state index is -1.14. The van der Waals surface area contributed by atoms with E-state index >= 15 is 0 Å². The van der Waals surface area contributed by atoms with Crippen LogP contribution in [0.3, 0.4) is 0 Å². The molecule has 2 heterocycles. The summed E-state index contributed by atoms with van der Waals surface area (Å²) in [6.07, 6.45) is 5.43. The van der Waals surface area contributed by atoms with Gasteiger partial charge < -0.3 is 9.67 Å². The van der Waals surface area contributed by atoms with Crippen molar-refractivity contribution in [3.8, 4) is 0 Å². The van der Waals surface area contributed by atoms with Crippen LogP contribution in [-0.4, -0.2) is 26.4 Å². The van der Waals surface area contributed by atoms with E-state index < -0.39 is 5.97 Å². The summed E-state index contributed by atoms with van der Waals surface area (Å²) in [5.41, 5.74) is 3.63. The molecular formula is C26H18Cl2N2O3. The molecule has 5 rings (SSSR count). The van der Waals surface area contributed by atoms with Crippen LogP contribution in [0.5, 0.6) is 0 Å². The lowest BCUT2D eigenvalue weighted by molar-refractivity contribution is -0.113. The van der Waals surface area contributed by atoms with Gasteiger partial charge in [0, 0.05) is 38.9 Å². The third kappa shape index (κ3) is 3.63. The summed E-state index contributed by atoms with van der Waals surface area (Å²) in [6, 6.07) is 13.1. The predicted molar refractivity (Wildman–Crippen MR) is 131 cm³/mol. The van der Waals surface area contributed by atoms with Crippen LogP contribution in [0.15, 0.2) is 60.7 Å². The molecule has 7 heteroatoms. The first-order valence-electron chi connectivity index (χ1n) is 10.4. The van der Waals surface area contributed by atoms with Crippen LogP contribution in [0.1, 0.15) is 33.6 Å². The quantitative estimate of drug-likeness (QED) is 0.342. The first-order valence-corrected chi connectivity index (χ1v) is 11.1. The Morgan fingerprint density at radius 1 is 1.18 bits per heavy atom. The van der Waals surface area contributed by atoms with Crippen LogP contribution in [-0.2, 0) is 11.3 Å². The average molecular weight is 477 g/mol. The van der Waals surface area contributed by atoms with Gasteiger partial charge >= 0.3 is 5.97 Å². The summed E-state index contributed by atoms with van der Waals surface area (Å²) in [5.74, 6) is -1.26. The Morgan fingerprint density at radius 3 is 2.73 bits per heavy atom. The van der Waals surface area contributed by atoms with E-state index in [0.717, 1.165) is 16.5 Å². The van der Waals surface area contributed by atoms with Crippen molar-refractivity contribution in [3.05, 3.63) is 93.3 Å². The third-order valence-corrected chi connectivity index (χ3v) is 6.63. The fourth-order valence-corrected chi connectivity index (χ4v) is 4.68. The number of carbonyl (C=O) groups excluding carboxylic acids is 1. The molecule has 0 saturated heterocycles. The van der Waals surface area contributed by atoms with E-state index in [0.29, 0.717) is 37.8 Å². The maximum Gasteiger partial charge on any atom is 0.353 e. The molecule has 1 aliphatic rings. The van der Waals surface area contributed by atoms with Gasteiger partial charge in [-0.1, -0.05) is 59.6 Å². The van der Waals surface area contributed by atoms with Gasteiger partial charge in [-0.25, -0.2) is 9.78 Å². The average Bonchev–Trinajstić information content (AvgIpc) is 3.08. The number of hydrogen-bond acceptors (Lipinski definition) is 3.